The van der Waals surface area contributed by atoms with Gasteiger partial charge in [0.05, 0.1) is 24.9 Å². The number of esters is 1. The molecule has 1 unspecified atom stereocenters. The molecule has 2 aromatic rings. The zero-order chi connectivity index (χ0) is 29.1. The molecule has 4 aliphatic rings. The Morgan fingerprint density at radius 2 is 1.71 bits per heavy atom. The van der Waals surface area contributed by atoms with E-state index in [-0.39, 0.29) is 24.5 Å². The van der Waals surface area contributed by atoms with Crippen LogP contribution < -0.4 is 10.1 Å². The molecule has 9 nitrogen and oxygen atoms in total. The van der Waals surface area contributed by atoms with Crippen molar-refractivity contribution in [2.24, 2.45) is 11.8 Å². The SMILES string of the molecule is COC(=O)C1C[C@@H]2CN1C(=O)[C@H](C1CCCC1)NC(=O)O[C@@H]1CCC[C@H]1CCCCCc1nc3ccccc3cc1O2. The van der Waals surface area contributed by atoms with Crippen LogP contribution in [0.4, 0.5) is 4.79 Å². The Balaban J connectivity index is 1.33. The monoisotopic (exact) mass is 577 g/mol. The Kier molecular flexibility index (Phi) is 8.81. The summed E-state index contributed by atoms with van der Waals surface area (Å²) in [4.78, 5) is 46.9. The molecular formula is C33H43N3O6. The van der Waals surface area contributed by atoms with Gasteiger partial charge in [0.25, 0.3) is 0 Å². The van der Waals surface area contributed by atoms with E-state index in [9.17, 15) is 14.4 Å². The Morgan fingerprint density at radius 3 is 2.55 bits per heavy atom. The smallest absolute Gasteiger partial charge is 0.408 e. The maximum absolute atomic E-state index is 14.2. The minimum atomic E-state index is -0.785. The summed E-state index contributed by atoms with van der Waals surface area (Å²) in [6.45, 7) is 0.232. The van der Waals surface area contributed by atoms with Crippen LogP contribution in [0.3, 0.4) is 0 Å². The van der Waals surface area contributed by atoms with Crippen LogP contribution >= 0.6 is 0 Å². The van der Waals surface area contributed by atoms with E-state index in [1.807, 2.05) is 30.3 Å². The van der Waals surface area contributed by atoms with Crippen LogP contribution in [0.15, 0.2) is 30.3 Å². The van der Waals surface area contributed by atoms with Crippen molar-refractivity contribution in [3.05, 3.63) is 36.0 Å². The van der Waals surface area contributed by atoms with Gasteiger partial charge in [-0.15, -0.1) is 0 Å². The van der Waals surface area contributed by atoms with E-state index in [0.29, 0.717) is 18.1 Å². The van der Waals surface area contributed by atoms with Gasteiger partial charge >= 0.3 is 12.1 Å². The molecule has 1 aromatic carbocycles. The number of alkyl carbamates (subject to hydrolysis) is 1. The summed E-state index contributed by atoms with van der Waals surface area (Å²) < 4.78 is 17.7. The number of methoxy groups -OCH3 is 1. The number of benzene rings is 1. The van der Waals surface area contributed by atoms with E-state index in [2.05, 4.69) is 5.32 Å². The van der Waals surface area contributed by atoms with Gasteiger partial charge in [0, 0.05) is 11.8 Å². The highest BCUT2D eigenvalue weighted by atomic mass is 16.6. The van der Waals surface area contributed by atoms with Crippen molar-refractivity contribution in [1.29, 1.82) is 0 Å². The Hall–Kier alpha value is -3.36. The van der Waals surface area contributed by atoms with Crippen LogP contribution in [-0.4, -0.2) is 65.8 Å². The van der Waals surface area contributed by atoms with Crippen molar-refractivity contribution in [3.63, 3.8) is 0 Å². The number of ether oxygens (including phenoxy) is 3. The standard InChI is InChI=1S/C33H43N3O6/c1-40-32(38)27-19-24-20-36(27)31(37)30(22-11-5-6-12-22)35-33(39)42-28-17-9-14-21(28)10-3-2-4-16-26-29(41-24)18-23-13-7-8-15-25(23)34-26/h7-8,13,15,18,21-22,24,27-28,30H,2-6,9-12,14,16-17,19-20H2,1H3,(H,35,39)/t21-,24-,27?,28-,30+/m1/s1. The summed E-state index contributed by atoms with van der Waals surface area (Å²) in [6.07, 6.45) is 10.9. The molecule has 42 heavy (non-hydrogen) atoms. The van der Waals surface area contributed by atoms with Crippen LogP contribution in [-0.2, 0) is 25.5 Å². The van der Waals surface area contributed by atoms with E-state index in [1.165, 1.54) is 7.11 Å². The van der Waals surface area contributed by atoms with Crippen LogP contribution in [0.25, 0.3) is 10.9 Å². The number of nitrogens with one attached hydrogen (secondary N) is 1. The third kappa shape index (κ3) is 6.20. The van der Waals surface area contributed by atoms with Gasteiger partial charge in [-0.25, -0.2) is 14.6 Å². The molecule has 0 radical (unpaired) electrons. The first-order chi connectivity index (χ1) is 20.5. The summed E-state index contributed by atoms with van der Waals surface area (Å²) in [5.74, 6) is 0.322. The average Bonchev–Trinajstić information content (AvgIpc) is 3.77. The highest BCUT2D eigenvalue weighted by Crippen LogP contribution is 2.35. The highest BCUT2D eigenvalue weighted by Gasteiger charge is 2.46. The average molecular weight is 578 g/mol. The predicted octanol–water partition coefficient (Wildman–Crippen LogP) is 5.33. The molecule has 5 atom stereocenters. The minimum absolute atomic E-state index is 0.00424. The van der Waals surface area contributed by atoms with Crippen LogP contribution in [0.1, 0.15) is 82.7 Å². The van der Waals surface area contributed by atoms with E-state index < -0.39 is 30.3 Å². The van der Waals surface area contributed by atoms with E-state index in [4.69, 9.17) is 19.2 Å². The van der Waals surface area contributed by atoms with Crippen molar-refractivity contribution < 1.29 is 28.6 Å². The number of para-hydroxylation sites is 1. The maximum atomic E-state index is 14.2. The fourth-order valence-corrected chi connectivity index (χ4v) is 7.60. The summed E-state index contributed by atoms with van der Waals surface area (Å²) in [5, 5.41) is 3.96. The van der Waals surface area contributed by atoms with Crippen LogP contribution in [0.5, 0.6) is 5.75 Å². The second-order valence-electron chi connectivity index (χ2n) is 12.5. The number of hydrogen-bond donors (Lipinski definition) is 1. The first-order valence-corrected chi connectivity index (χ1v) is 15.9. The van der Waals surface area contributed by atoms with Gasteiger partial charge in [-0.05, 0) is 75.3 Å². The van der Waals surface area contributed by atoms with Gasteiger partial charge in [-0.3, -0.25) is 4.79 Å². The number of aryl methyl sites for hydroxylation is 1. The predicted molar refractivity (Wildman–Crippen MR) is 157 cm³/mol. The van der Waals surface area contributed by atoms with E-state index in [1.54, 1.807) is 4.90 Å². The largest absolute Gasteiger partial charge is 0.487 e. The fourth-order valence-electron chi connectivity index (χ4n) is 7.60. The van der Waals surface area contributed by atoms with Crippen molar-refractivity contribution >= 4 is 28.9 Å². The summed E-state index contributed by atoms with van der Waals surface area (Å²) in [5.41, 5.74) is 1.84. The fraction of sp³-hybridized carbons (Fsp3) is 0.636. The molecule has 0 spiro atoms. The zero-order valence-corrected chi connectivity index (χ0v) is 24.6. The summed E-state index contributed by atoms with van der Waals surface area (Å²) in [7, 11) is 1.34. The molecule has 6 rings (SSSR count). The van der Waals surface area contributed by atoms with Crippen molar-refractivity contribution in [1.82, 2.24) is 15.2 Å². The number of fused-ring (bicyclic) bond motifs is 5. The van der Waals surface area contributed by atoms with E-state index >= 15 is 0 Å². The Labute approximate surface area is 247 Å². The summed E-state index contributed by atoms with van der Waals surface area (Å²) in [6, 6.07) is 8.52. The van der Waals surface area contributed by atoms with Crippen molar-refractivity contribution in [2.75, 3.05) is 13.7 Å². The molecule has 2 aliphatic carbocycles. The third-order valence-electron chi connectivity index (χ3n) is 9.82. The Bertz CT molecular complexity index is 1290. The number of carbonyl (C=O) groups excluding carboxylic acids is 3. The van der Waals surface area contributed by atoms with Gasteiger partial charge in [0.2, 0.25) is 5.91 Å². The van der Waals surface area contributed by atoms with Crippen LogP contribution in [0, 0.1) is 11.8 Å². The van der Waals surface area contributed by atoms with Gasteiger partial charge in [-0.1, -0.05) is 43.9 Å². The molecule has 226 valence electrons. The third-order valence-corrected chi connectivity index (χ3v) is 9.82. The topological polar surface area (TPSA) is 107 Å². The lowest BCUT2D eigenvalue weighted by Gasteiger charge is -2.31. The number of rotatable bonds is 2. The first-order valence-electron chi connectivity index (χ1n) is 15.9. The lowest BCUT2D eigenvalue weighted by atomic mass is 9.96. The van der Waals surface area contributed by atoms with Gasteiger partial charge < -0.3 is 24.4 Å². The number of aromatic nitrogens is 1. The molecule has 3 fully saturated rings. The van der Waals surface area contributed by atoms with Gasteiger partial charge in [0.1, 0.15) is 30.0 Å². The molecular weight excluding hydrogens is 534 g/mol. The first kappa shape index (κ1) is 28.7. The molecule has 1 N–H and O–H groups in total. The van der Waals surface area contributed by atoms with Crippen molar-refractivity contribution in [2.45, 2.75) is 108 Å². The summed E-state index contributed by atoms with van der Waals surface area (Å²) >= 11 is 0. The molecule has 1 aromatic heterocycles. The van der Waals surface area contributed by atoms with Crippen molar-refractivity contribution in [3.8, 4) is 5.75 Å². The quantitative estimate of drug-likeness (QED) is 0.481. The Morgan fingerprint density at radius 1 is 0.952 bits per heavy atom. The normalized spacial score (nSPS) is 29.5. The maximum Gasteiger partial charge on any atom is 0.408 e. The molecule has 2 amide bonds. The molecule has 3 heterocycles. The molecule has 2 bridgehead atoms. The number of carbonyl (C=O) groups is 3. The molecule has 2 aliphatic heterocycles. The second-order valence-corrected chi connectivity index (χ2v) is 12.5. The van der Waals surface area contributed by atoms with E-state index in [0.717, 1.165) is 93.6 Å². The van der Waals surface area contributed by atoms with Crippen LogP contribution in [0.2, 0.25) is 0 Å². The highest BCUT2D eigenvalue weighted by molar-refractivity contribution is 5.90. The lowest BCUT2D eigenvalue weighted by molar-refractivity contribution is -0.152. The molecule has 9 heteroatoms. The lowest BCUT2D eigenvalue weighted by Crippen LogP contribution is -2.55. The van der Waals surface area contributed by atoms with Gasteiger partial charge in [-0.2, -0.15) is 0 Å². The number of hydrogen-bond acceptors (Lipinski definition) is 7. The minimum Gasteiger partial charge on any atom is -0.487 e. The second kappa shape index (κ2) is 12.9. The number of pyridine rings is 1. The number of amides is 2. The number of nitrogens with zero attached hydrogens (tertiary/aromatic N) is 2. The molecule has 2 saturated carbocycles. The van der Waals surface area contributed by atoms with Gasteiger partial charge in [0.15, 0.2) is 0 Å². The zero-order valence-electron chi connectivity index (χ0n) is 24.6. The molecule has 1 saturated heterocycles.